The Morgan fingerprint density at radius 2 is 1.82 bits per heavy atom. The second-order valence-electron chi connectivity index (χ2n) is 8.38. The molecule has 3 aliphatic heterocycles. The fourth-order valence-corrected chi connectivity index (χ4v) is 4.78. The van der Waals surface area contributed by atoms with E-state index >= 15 is 0 Å². The van der Waals surface area contributed by atoms with E-state index in [-0.39, 0.29) is 35.6 Å². The number of piperidine rings is 2. The first kappa shape index (κ1) is 20.9. The Morgan fingerprint density at radius 3 is 2.48 bits per heavy atom. The van der Waals surface area contributed by atoms with Crippen LogP contribution in [0.2, 0.25) is 0 Å². The number of imide groups is 2. The van der Waals surface area contributed by atoms with Gasteiger partial charge in [0.05, 0.1) is 34.6 Å². The molecule has 2 saturated heterocycles. The molecule has 4 amide bonds. The predicted octanol–water partition coefficient (Wildman–Crippen LogP) is 0.824. The van der Waals surface area contributed by atoms with Crippen molar-refractivity contribution in [2.75, 3.05) is 18.0 Å². The summed E-state index contributed by atoms with van der Waals surface area (Å²) in [6.07, 6.45) is 4.39. The third-order valence-electron chi connectivity index (χ3n) is 6.47. The van der Waals surface area contributed by atoms with Gasteiger partial charge in [0.25, 0.3) is 11.8 Å². The highest BCUT2D eigenvalue weighted by Crippen LogP contribution is 2.36. The number of anilines is 1. The van der Waals surface area contributed by atoms with Gasteiger partial charge in [0.15, 0.2) is 0 Å². The summed E-state index contributed by atoms with van der Waals surface area (Å²) in [7, 11) is 0. The Hall–Kier alpha value is -4.02. The van der Waals surface area contributed by atoms with E-state index < -0.39 is 35.6 Å². The molecule has 1 aromatic carbocycles. The first-order valence-electron chi connectivity index (χ1n) is 10.7. The molecule has 2 aromatic rings. The highest BCUT2D eigenvalue weighted by Gasteiger charge is 2.46. The van der Waals surface area contributed by atoms with Gasteiger partial charge >= 0.3 is 5.97 Å². The number of carboxylic acids is 1. The summed E-state index contributed by atoms with van der Waals surface area (Å²) < 4.78 is 1.66. The van der Waals surface area contributed by atoms with Gasteiger partial charge in [0.1, 0.15) is 6.04 Å². The van der Waals surface area contributed by atoms with Crippen LogP contribution in [0, 0.1) is 0 Å². The van der Waals surface area contributed by atoms with Crippen molar-refractivity contribution in [3.8, 4) is 0 Å². The van der Waals surface area contributed by atoms with Gasteiger partial charge in [-0.15, -0.1) is 0 Å². The fourth-order valence-electron chi connectivity index (χ4n) is 4.78. The van der Waals surface area contributed by atoms with E-state index in [0.717, 1.165) is 4.90 Å². The summed E-state index contributed by atoms with van der Waals surface area (Å²) in [5, 5.41) is 15.5. The summed E-state index contributed by atoms with van der Waals surface area (Å²) in [5.41, 5.74) is 1.29. The molecule has 1 aromatic heterocycles. The van der Waals surface area contributed by atoms with Crippen LogP contribution >= 0.6 is 0 Å². The number of amides is 4. The van der Waals surface area contributed by atoms with Gasteiger partial charge in [-0.2, -0.15) is 5.10 Å². The number of benzene rings is 1. The quantitative estimate of drug-likeness (QED) is 0.651. The first-order chi connectivity index (χ1) is 15.8. The third kappa shape index (κ3) is 3.45. The van der Waals surface area contributed by atoms with E-state index in [2.05, 4.69) is 10.4 Å². The lowest BCUT2D eigenvalue weighted by Crippen LogP contribution is -2.54. The normalized spacial score (nSPS) is 21.4. The van der Waals surface area contributed by atoms with Gasteiger partial charge in [-0.25, -0.2) is 4.79 Å². The smallest absolute Gasteiger partial charge is 0.338 e. The van der Waals surface area contributed by atoms with E-state index in [1.54, 1.807) is 22.9 Å². The number of fused-ring (bicyclic) bond motifs is 1. The van der Waals surface area contributed by atoms with Crippen LogP contribution in [-0.4, -0.2) is 68.5 Å². The standard InChI is InChI=1S/C22H21N5O6/c28-17-5-4-16(19(29)24-17)27-20(30)14-2-1-3-15(18(14)21(27)31)25-8-6-13(7-9-25)26-11-12(10-23-26)22(32)33/h1-3,10-11,13,16H,4-9H2,(H,32,33)(H,24,28,29). The Kier molecular flexibility index (Phi) is 4.95. The SMILES string of the molecule is O=C1CCC(N2C(=O)c3cccc(N4CCC(n5cc(C(=O)O)cn5)CC4)c3C2=O)C(=O)N1. The maximum Gasteiger partial charge on any atom is 0.338 e. The second kappa shape index (κ2) is 7.84. The van der Waals surface area contributed by atoms with Crippen molar-refractivity contribution in [1.29, 1.82) is 0 Å². The van der Waals surface area contributed by atoms with Crippen LogP contribution in [0.5, 0.6) is 0 Å². The van der Waals surface area contributed by atoms with Crippen molar-refractivity contribution in [2.45, 2.75) is 37.8 Å². The highest BCUT2D eigenvalue weighted by molar-refractivity contribution is 6.25. The molecule has 33 heavy (non-hydrogen) atoms. The minimum atomic E-state index is -1.03. The maximum atomic E-state index is 13.3. The number of nitrogens with one attached hydrogen (secondary N) is 1. The molecule has 0 bridgehead atoms. The molecule has 11 heteroatoms. The Morgan fingerprint density at radius 1 is 1.06 bits per heavy atom. The van der Waals surface area contributed by atoms with E-state index in [1.165, 1.54) is 12.4 Å². The number of aromatic carboxylic acids is 1. The second-order valence-corrected chi connectivity index (χ2v) is 8.38. The lowest BCUT2D eigenvalue weighted by molar-refractivity contribution is -0.136. The molecular weight excluding hydrogens is 430 g/mol. The van der Waals surface area contributed by atoms with E-state index in [1.807, 2.05) is 4.90 Å². The molecule has 3 aliphatic rings. The number of rotatable bonds is 4. The van der Waals surface area contributed by atoms with Crippen LogP contribution in [-0.2, 0) is 9.59 Å². The zero-order valence-electron chi connectivity index (χ0n) is 17.6. The number of aromatic nitrogens is 2. The summed E-state index contributed by atoms with van der Waals surface area (Å²) in [6, 6.07) is 4.11. The molecule has 0 radical (unpaired) electrons. The van der Waals surface area contributed by atoms with E-state index in [4.69, 9.17) is 5.11 Å². The molecular formula is C22H21N5O6. The topological polar surface area (TPSA) is 142 Å². The third-order valence-corrected chi connectivity index (χ3v) is 6.47. The summed E-state index contributed by atoms with van der Waals surface area (Å²) in [6.45, 7) is 1.17. The fraction of sp³-hybridized carbons (Fsp3) is 0.364. The summed E-state index contributed by atoms with van der Waals surface area (Å²) >= 11 is 0. The average molecular weight is 451 g/mol. The minimum absolute atomic E-state index is 0.0309. The van der Waals surface area contributed by atoms with Gasteiger partial charge in [-0.3, -0.25) is 34.1 Å². The number of hydrogen-bond acceptors (Lipinski definition) is 7. The van der Waals surface area contributed by atoms with Gasteiger partial charge in [0, 0.05) is 25.7 Å². The van der Waals surface area contributed by atoms with Crippen molar-refractivity contribution in [3.63, 3.8) is 0 Å². The predicted molar refractivity (Wildman–Crippen MR) is 113 cm³/mol. The van der Waals surface area contributed by atoms with Crippen LogP contribution in [0.3, 0.4) is 0 Å². The molecule has 1 atom stereocenters. The van der Waals surface area contributed by atoms with Crippen LogP contribution in [0.4, 0.5) is 5.69 Å². The van der Waals surface area contributed by atoms with Gasteiger partial charge in [-0.05, 0) is 31.4 Å². The maximum absolute atomic E-state index is 13.3. The Balaban J connectivity index is 1.36. The van der Waals surface area contributed by atoms with Crippen molar-refractivity contribution in [3.05, 3.63) is 47.3 Å². The molecule has 4 heterocycles. The largest absolute Gasteiger partial charge is 0.478 e. The number of carboxylic acid groups (broad SMARTS) is 1. The number of nitrogens with zero attached hydrogens (tertiary/aromatic N) is 4. The van der Waals surface area contributed by atoms with Crippen molar-refractivity contribution >= 4 is 35.3 Å². The molecule has 11 nitrogen and oxygen atoms in total. The lowest BCUT2D eigenvalue weighted by Gasteiger charge is -2.34. The van der Waals surface area contributed by atoms with Gasteiger partial charge in [0.2, 0.25) is 11.8 Å². The van der Waals surface area contributed by atoms with Crippen LogP contribution in [0.15, 0.2) is 30.6 Å². The molecule has 170 valence electrons. The minimum Gasteiger partial charge on any atom is -0.478 e. The summed E-state index contributed by atoms with van der Waals surface area (Å²) in [4.78, 5) is 64.2. The van der Waals surface area contributed by atoms with Crippen LogP contribution < -0.4 is 10.2 Å². The number of carbonyl (C=O) groups is 5. The average Bonchev–Trinajstić information content (AvgIpc) is 3.39. The summed E-state index contributed by atoms with van der Waals surface area (Å²) in [5.74, 6) is -3.13. The van der Waals surface area contributed by atoms with E-state index in [9.17, 15) is 24.0 Å². The molecule has 2 fully saturated rings. The molecule has 0 aliphatic carbocycles. The van der Waals surface area contributed by atoms with Crippen LogP contribution in [0.25, 0.3) is 0 Å². The Labute approximate surface area is 187 Å². The monoisotopic (exact) mass is 451 g/mol. The van der Waals surface area contributed by atoms with E-state index in [0.29, 0.717) is 31.6 Å². The number of carbonyl (C=O) groups excluding carboxylic acids is 4. The highest BCUT2D eigenvalue weighted by atomic mass is 16.4. The molecule has 1 unspecified atom stereocenters. The van der Waals surface area contributed by atoms with Crippen molar-refractivity contribution < 1.29 is 29.1 Å². The first-order valence-corrected chi connectivity index (χ1v) is 10.7. The zero-order valence-corrected chi connectivity index (χ0v) is 17.6. The molecule has 5 rings (SSSR count). The van der Waals surface area contributed by atoms with Gasteiger partial charge in [-0.1, -0.05) is 6.07 Å². The van der Waals surface area contributed by atoms with Crippen molar-refractivity contribution in [2.24, 2.45) is 0 Å². The lowest BCUT2D eigenvalue weighted by atomic mass is 10.0. The molecule has 2 N–H and O–H groups in total. The molecule has 0 saturated carbocycles. The van der Waals surface area contributed by atoms with Crippen molar-refractivity contribution in [1.82, 2.24) is 20.0 Å². The molecule has 0 spiro atoms. The zero-order chi connectivity index (χ0) is 23.3. The van der Waals surface area contributed by atoms with Crippen LogP contribution in [0.1, 0.15) is 62.8 Å². The Bertz CT molecular complexity index is 1200. The van der Waals surface area contributed by atoms with Gasteiger partial charge < -0.3 is 10.0 Å². The number of hydrogen-bond donors (Lipinski definition) is 2.